The molecule has 2 aromatic carbocycles. The van der Waals surface area contributed by atoms with Crippen molar-refractivity contribution in [2.24, 2.45) is 23.7 Å². The molecule has 2 unspecified atom stereocenters. The van der Waals surface area contributed by atoms with Crippen molar-refractivity contribution in [3.05, 3.63) is 119 Å². The predicted molar refractivity (Wildman–Crippen MR) is 174 cm³/mol. The first kappa shape index (κ1) is 30.8. The van der Waals surface area contributed by atoms with Crippen LogP contribution in [0.25, 0.3) is 0 Å². The van der Waals surface area contributed by atoms with Gasteiger partial charge in [-0.05, 0) is 85.2 Å². The number of nitrogens with zero attached hydrogens (tertiary/aromatic N) is 2. The van der Waals surface area contributed by atoms with Crippen molar-refractivity contribution in [1.29, 1.82) is 0 Å². The minimum atomic E-state index is -0.386. The molecule has 2 nitrogen and oxygen atoms in total. The SMILES string of the molecule is CC(C)(C)[c-]1cc(C(P)(c2cccnc2)c2cccnc2)c(C2(CP)C3CC4CC(C3)CC2C4)c1.[Fe].[cH-]1[cH-][cH-][cH-][cH-]1. The summed E-state index contributed by atoms with van der Waals surface area (Å²) in [5.74, 6) is 3.50. The molecule has 4 fully saturated rings. The summed E-state index contributed by atoms with van der Waals surface area (Å²) in [4.78, 5) is 9.14. The van der Waals surface area contributed by atoms with Gasteiger partial charge in [0.25, 0.3) is 0 Å². The smallest absolute Gasteiger partial charge is 0.0304 e. The Morgan fingerprint density at radius 1 is 0.829 bits per heavy atom. The first-order valence-electron chi connectivity index (χ1n) is 15.1. The van der Waals surface area contributed by atoms with E-state index in [1.165, 1.54) is 54.4 Å². The molecule has 5 heteroatoms. The summed E-state index contributed by atoms with van der Waals surface area (Å²) in [6, 6.07) is 23.8. The average Bonchev–Trinajstić information content (AvgIpc) is 3.68. The van der Waals surface area contributed by atoms with Crippen molar-refractivity contribution in [3.63, 3.8) is 0 Å². The van der Waals surface area contributed by atoms with Crippen molar-refractivity contribution < 1.29 is 17.1 Å². The molecule has 0 N–H and O–H groups in total. The third kappa shape index (κ3) is 5.47. The second-order valence-electron chi connectivity index (χ2n) is 13.6. The Balaban J connectivity index is 0.000000510. The Kier molecular flexibility index (Phi) is 9.15. The van der Waals surface area contributed by atoms with E-state index in [-0.39, 0.29) is 33.1 Å². The maximum Gasteiger partial charge on any atom is 0.0304 e. The maximum atomic E-state index is 4.57. The Morgan fingerprint density at radius 2 is 1.32 bits per heavy atom. The van der Waals surface area contributed by atoms with Gasteiger partial charge < -0.3 is 30.3 Å². The van der Waals surface area contributed by atoms with Crippen molar-refractivity contribution in [2.45, 2.75) is 68.9 Å². The van der Waals surface area contributed by atoms with Crippen LogP contribution in [-0.2, 0) is 33.1 Å². The summed E-state index contributed by atoms with van der Waals surface area (Å²) in [6.45, 7) is 7.08. The molecule has 41 heavy (non-hydrogen) atoms. The molecule has 2 atom stereocenters. The van der Waals surface area contributed by atoms with E-state index in [9.17, 15) is 0 Å². The van der Waals surface area contributed by atoms with E-state index in [0.29, 0.717) is 0 Å². The second kappa shape index (κ2) is 12.2. The molecule has 0 amide bonds. The number of hydrogen-bond acceptors (Lipinski definition) is 2. The van der Waals surface area contributed by atoms with E-state index in [1.807, 2.05) is 42.7 Å². The van der Waals surface area contributed by atoms with Crippen LogP contribution in [0.1, 0.15) is 80.7 Å². The van der Waals surface area contributed by atoms with Crippen molar-refractivity contribution in [3.8, 4) is 0 Å². The fourth-order valence-electron chi connectivity index (χ4n) is 8.55. The Morgan fingerprint density at radius 3 is 1.71 bits per heavy atom. The van der Waals surface area contributed by atoms with Gasteiger partial charge in [0.1, 0.15) is 0 Å². The van der Waals surface area contributed by atoms with Gasteiger partial charge in [0.05, 0.1) is 0 Å². The standard InChI is InChI=1S/C31H39N2P2.C5H5.Fe/c1-29(2,3)24-15-27(30(19-34)25-11-20-10-21(13-25)14-26(30)12-20)28(16-24)31(35,22-6-4-8-32-17-22)23-7-5-9-33-18-23;1-2-4-5-3-1;/h4-9,15-18,20-21,25-26H,10-14,19,34-35H2,1-3H3;1-5H;/q-1;-5;. The van der Waals surface area contributed by atoms with Gasteiger partial charge in [0.2, 0.25) is 0 Å². The third-order valence-corrected chi connectivity index (χ3v) is 12.1. The molecule has 2 heterocycles. The normalized spacial score (nSPS) is 26.7. The molecule has 8 rings (SSSR count). The molecule has 2 aromatic heterocycles. The molecule has 0 aliphatic heterocycles. The topological polar surface area (TPSA) is 25.8 Å². The zero-order chi connectivity index (χ0) is 28.0. The fourth-order valence-corrected chi connectivity index (χ4v) is 10.0. The molecule has 4 aromatic rings. The molecule has 4 aliphatic carbocycles. The van der Waals surface area contributed by atoms with Gasteiger partial charge in [-0.25, -0.2) is 0 Å². The Bertz CT molecular complexity index is 1300. The van der Waals surface area contributed by atoms with Crippen LogP contribution in [0, 0.1) is 23.7 Å². The number of hydrogen-bond donors (Lipinski definition) is 0. The van der Waals surface area contributed by atoms with Crippen LogP contribution in [0.4, 0.5) is 0 Å². The van der Waals surface area contributed by atoms with Crippen molar-refractivity contribution >= 4 is 18.5 Å². The van der Waals surface area contributed by atoms with E-state index in [2.05, 4.69) is 98.0 Å². The summed E-state index contributed by atoms with van der Waals surface area (Å²) in [6.07, 6.45) is 16.2. The van der Waals surface area contributed by atoms with Crippen LogP contribution < -0.4 is 0 Å². The first-order valence-corrected chi connectivity index (χ1v) is 16.4. The van der Waals surface area contributed by atoms with Gasteiger partial charge in [-0.2, -0.15) is 28.8 Å². The molecule has 222 valence electrons. The fraction of sp³-hybridized carbons (Fsp3) is 0.444. The van der Waals surface area contributed by atoms with E-state index < -0.39 is 0 Å². The van der Waals surface area contributed by atoms with E-state index in [1.54, 1.807) is 5.56 Å². The van der Waals surface area contributed by atoms with Gasteiger partial charge in [0, 0.05) is 47.0 Å². The average molecular weight is 623 g/mol. The molecule has 4 bridgehead atoms. The zero-order valence-electron chi connectivity index (χ0n) is 24.6. The van der Waals surface area contributed by atoms with Crippen molar-refractivity contribution in [2.75, 3.05) is 6.16 Å². The van der Waals surface area contributed by atoms with Crippen LogP contribution in [0.5, 0.6) is 0 Å². The monoisotopic (exact) mass is 622 g/mol. The van der Waals surface area contributed by atoms with E-state index in [0.717, 1.165) is 29.8 Å². The van der Waals surface area contributed by atoms with Crippen LogP contribution in [0.2, 0.25) is 0 Å². The molecular weight excluding hydrogens is 578 g/mol. The van der Waals surface area contributed by atoms with E-state index in [4.69, 9.17) is 0 Å². The number of pyridine rings is 2. The Hall–Kier alpha value is -1.62. The Labute approximate surface area is 262 Å². The third-order valence-electron chi connectivity index (χ3n) is 10.4. The predicted octanol–water partition coefficient (Wildman–Crippen LogP) is 8.63. The van der Waals surface area contributed by atoms with Crippen molar-refractivity contribution in [1.82, 2.24) is 9.97 Å². The molecular formula is C36H44FeN2P2-6. The molecule has 0 spiro atoms. The van der Waals surface area contributed by atoms with Gasteiger partial charge >= 0.3 is 0 Å². The summed E-state index contributed by atoms with van der Waals surface area (Å²) >= 11 is 0. The molecule has 4 saturated carbocycles. The van der Waals surface area contributed by atoms with Crippen LogP contribution >= 0.6 is 18.5 Å². The summed E-state index contributed by atoms with van der Waals surface area (Å²) in [7, 11) is 6.50. The first-order chi connectivity index (χ1) is 19.3. The number of aromatic nitrogens is 2. The van der Waals surface area contributed by atoms with Gasteiger partial charge in [0.15, 0.2) is 0 Å². The summed E-state index contributed by atoms with van der Waals surface area (Å²) in [5.41, 5.74) is 7.27. The van der Waals surface area contributed by atoms with Crippen LogP contribution in [-0.4, -0.2) is 16.1 Å². The quantitative estimate of drug-likeness (QED) is 0.127. The van der Waals surface area contributed by atoms with Gasteiger partial charge in [-0.1, -0.05) is 43.7 Å². The molecule has 4 aliphatic rings. The van der Waals surface area contributed by atoms with Crippen LogP contribution in [0.15, 0.2) is 91.5 Å². The molecule has 0 radical (unpaired) electrons. The zero-order valence-corrected chi connectivity index (χ0v) is 28.0. The van der Waals surface area contributed by atoms with Gasteiger partial charge in [-0.3, -0.25) is 9.97 Å². The maximum absolute atomic E-state index is 4.57. The van der Waals surface area contributed by atoms with Crippen LogP contribution in [0.3, 0.4) is 0 Å². The van der Waals surface area contributed by atoms with Gasteiger partial charge in [-0.15, -0.1) is 18.5 Å². The second-order valence-corrected chi connectivity index (χ2v) is 14.9. The molecule has 0 saturated heterocycles. The number of rotatable bonds is 5. The minimum Gasteiger partial charge on any atom is -0.748 e. The summed E-state index contributed by atoms with van der Waals surface area (Å²) in [5, 5.41) is -0.386. The minimum absolute atomic E-state index is 0. The van der Waals surface area contributed by atoms with E-state index >= 15 is 0 Å². The largest absolute Gasteiger partial charge is 0.748 e. The summed E-state index contributed by atoms with van der Waals surface area (Å²) < 4.78 is 0.